The van der Waals surface area contributed by atoms with Gasteiger partial charge >= 0.3 is 0 Å². The summed E-state index contributed by atoms with van der Waals surface area (Å²) < 4.78 is 30.3. The number of hydrogen-bond donors (Lipinski definition) is 0. The van der Waals surface area contributed by atoms with Crippen molar-refractivity contribution in [3.63, 3.8) is 0 Å². The molecule has 0 unspecified atom stereocenters. The van der Waals surface area contributed by atoms with Crippen LogP contribution in [0, 0.1) is 11.7 Å². The highest BCUT2D eigenvalue weighted by Crippen LogP contribution is 2.37. The molecule has 1 saturated heterocycles. The van der Waals surface area contributed by atoms with Gasteiger partial charge in [0.25, 0.3) is 0 Å². The van der Waals surface area contributed by atoms with Crippen molar-refractivity contribution in [2.45, 2.75) is 19.3 Å². The zero-order valence-corrected chi connectivity index (χ0v) is 16.1. The first kappa shape index (κ1) is 18.8. The molecule has 2 aromatic rings. The summed E-state index contributed by atoms with van der Waals surface area (Å²) in [5, 5.41) is 0. The largest absolute Gasteiger partial charge is 0.493 e. The van der Waals surface area contributed by atoms with Crippen LogP contribution in [0.3, 0.4) is 0 Å². The number of halogens is 1. The Labute approximate surface area is 165 Å². The van der Waals surface area contributed by atoms with E-state index >= 15 is 0 Å². The minimum atomic E-state index is -0.192. The molecule has 0 spiro atoms. The van der Waals surface area contributed by atoms with Crippen molar-refractivity contribution in [3.05, 3.63) is 66.0 Å². The Morgan fingerprint density at radius 3 is 2.79 bits per heavy atom. The predicted octanol–water partition coefficient (Wildman–Crippen LogP) is 4.62. The molecule has 2 atom stereocenters. The summed E-state index contributed by atoms with van der Waals surface area (Å²) in [6.45, 7) is 5.85. The summed E-state index contributed by atoms with van der Waals surface area (Å²) in [4.78, 5) is 2.45. The van der Waals surface area contributed by atoms with E-state index in [4.69, 9.17) is 14.2 Å². The van der Waals surface area contributed by atoms with Crippen LogP contribution in [-0.4, -0.2) is 37.9 Å². The van der Waals surface area contributed by atoms with Crippen molar-refractivity contribution in [3.8, 4) is 17.2 Å². The average molecular weight is 383 g/mol. The molecule has 0 radical (unpaired) electrons. The van der Waals surface area contributed by atoms with E-state index in [2.05, 4.69) is 17.1 Å². The lowest BCUT2D eigenvalue weighted by Gasteiger charge is -2.38. The van der Waals surface area contributed by atoms with Gasteiger partial charge < -0.3 is 14.2 Å². The van der Waals surface area contributed by atoms with Crippen LogP contribution in [-0.2, 0) is 0 Å². The van der Waals surface area contributed by atoms with Crippen molar-refractivity contribution in [2.24, 2.45) is 5.92 Å². The average Bonchev–Trinajstić information content (AvgIpc) is 3.19. The van der Waals surface area contributed by atoms with Gasteiger partial charge in [-0.05, 0) is 55.6 Å². The number of likely N-dealkylation sites (tertiary alicyclic amines) is 1. The van der Waals surface area contributed by atoms with Gasteiger partial charge in [0.05, 0.1) is 6.61 Å². The van der Waals surface area contributed by atoms with Crippen LogP contribution in [0.1, 0.15) is 24.8 Å². The summed E-state index contributed by atoms with van der Waals surface area (Å²) in [6.07, 6.45) is 5.32. The lowest BCUT2D eigenvalue weighted by molar-refractivity contribution is 0.119. The third-order valence-corrected chi connectivity index (χ3v) is 5.52. The molecular weight excluding hydrogens is 357 g/mol. The number of nitrogens with zero attached hydrogens (tertiary/aromatic N) is 1. The predicted molar refractivity (Wildman–Crippen MR) is 107 cm³/mol. The number of benzene rings is 2. The zero-order chi connectivity index (χ0) is 19.3. The fourth-order valence-corrected chi connectivity index (χ4v) is 4.02. The highest BCUT2D eigenvalue weighted by atomic mass is 19.1. The van der Waals surface area contributed by atoms with E-state index in [1.54, 1.807) is 12.1 Å². The molecule has 28 heavy (non-hydrogen) atoms. The van der Waals surface area contributed by atoms with Crippen LogP contribution in [0.15, 0.2) is 54.6 Å². The van der Waals surface area contributed by atoms with Crippen LogP contribution >= 0.6 is 0 Å². The Morgan fingerprint density at radius 1 is 1.14 bits per heavy atom. The Kier molecular flexibility index (Phi) is 5.81. The van der Waals surface area contributed by atoms with Crippen molar-refractivity contribution >= 4 is 0 Å². The molecule has 2 aliphatic rings. The van der Waals surface area contributed by atoms with Crippen LogP contribution in [0.25, 0.3) is 0 Å². The lowest BCUT2D eigenvalue weighted by Crippen LogP contribution is -2.42. The molecule has 0 saturated carbocycles. The van der Waals surface area contributed by atoms with Crippen molar-refractivity contribution in [1.29, 1.82) is 0 Å². The minimum absolute atomic E-state index is 0.192. The summed E-state index contributed by atoms with van der Waals surface area (Å²) in [6, 6.07) is 12.6. The molecule has 5 heteroatoms. The maximum atomic E-state index is 13.4. The van der Waals surface area contributed by atoms with Crippen LogP contribution in [0.4, 0.5) is 4.39 Å². The molecule has 4 nitrogen and oxygen atoms in total. The number of rotatable bonds is 6. The third-order valence-electron chi connectivity index (χ3n) is 5.52. The summed E-state index contributed by atoms with van der Waals surface area (Å²) in [5.41, 5.74) is 1.19. The third kappa shape index (κ3) is 4.30. The van der Waals surface area contributed by atoms with Gasteiger partial charge in [-0.2, -0.15) is 0 Å². The first-order chi connectivity index (χ1) is 13.7. The Balaban J connectivity index is 1.47. The molecule has 148 valence electrons. The Hall–Kier alpha value is -2.53. The van der Waals surface area contributed by atoms with E-state index in [-0.39, 0.29) is 12.6 Å². The molecule has 0 bridgehead atoms. The minimum Gasteiger partial charge on any atom is -0.493 e. The molecule has 0 amide bonds. The van der Waals surface area contributed by atoms with Gasteiger partial charge in [-0.15, -0.1) is 0 Å². The molecule has 1 fully saturated rings. The van der Waals surface area contributed by atoms with Gasteiger partial charge in [-0.1, -0.05) is 24.3 Å². The van der Waals surface area contributed by atoms with Crippen molar-refractivity contribution in [1.82, 2.24) is 4.90 Å². The van der Waals surface area contributed by atoms with Gasteiger partial charge in [0.1, 0.15) is 11.6 Å². The Morgan fingerprint density at radius 2 is 1.96 bits per heavy atom. The molecule has 0 aliphatic carbocycles. The molecule has 4 rings (SSSR count). The second-order valence-corrected chi connectivity index (χ2v) is 7.36. The zero-order valence-electron chi connectivity index (χ0n) is 16.1. The first-order valence-corrected chi connectivity index (χ1v) is 9.84. The smallest absolute Gasteiger partial charge is 0.231 e. The van der Waals surface area contributed by atoms with Gasteiger partial charge in [-0.25, -0.2) is 4.39 Å². The highest BCUT2D eigenvalue weighted by molar-refractivity contribution is 5.46. The summed E-state index contributed by atoms with van der Waals surface area (Å²) in [5.74, 6) is 2.76. The number of hydrogen-bond acceptors (Lipinski definition) is 4. The van der Waals surface area contributed by atoms with E-state index in [1.165, 1.54) is 5.56 Å². The monoisotopic (exact) mass is 383 g/mol. The van der Waals surface area contributed by atoms with Gasteiger partial charge in [0.15, 0.2) is 11.5 Å². The number of piperidine rings is 1. The quantitative estimate of drug-likeness (QED) is 0.682. The normalized spacial score (nSPS) is 21.9. The van der Waals surface area contributed by atoms with Crippen molar-refractivity contribution in [2.75, 3.05) is 33.0 Å². The number of fused-ring (bicyclic) bond motifs is 1. The van der Waals surface area contributed by atoms with Crippen molar-refractivity contribution < 1.29 is 18.6 Å². The standard InChI is InChI=1S/C23H26FNO3/c1-2-3-11-25-12-10-21(17-4-6-19(24)7-5-17)18(14-25)15-26-20-8-9-22-23(13-20)28-16-27-22/h2-9,13,18,21H,10-12,14-16H2,1H3/b3-2+/t18-,21-/m1/s1. The van der Waals surface area contributed by atoms with Gasteiger partial charge in [-0.3, -0.25) is 4.90 Å². The molecule has 2 aromatic carbocycles. The maximum absolute atomic E-state index is 13.4. The lowest BCUT2D eigenvalue weighted by atomic mass is 9.81. The van der Waals surface area contributed by atoms with Crippen LogP contribution in [0.5, 0.6) is 17.2 Å². The fraction of sp³-hybridized carbons (Fsp3) is 0.391. The molecule has 2 heterocycles. The van der Waals surface area contributed by atoms with Crippen LogP contribution in [0.2, 0.25) is 0 Å². The van der Waals surface area contributed by atoms with Gasteiger partial charge in [0, 0.05) is 25.1 Å². The first-order valence-electron chi connectivity index (χ1n) is 9.84. The molecule has 0 aromatic heterocycles. The molecular formula is C23H26FNO3. The summed E-state index contributed by atoms with van der Waals surface area (Å²) >= 11 is 0. The van der Waals surface area contributed by atoms with E-state index in [0.717, 1.165) is 43.3 Å². The van der Waals surface area contributed by atoms with E-state index in [0.29, 0.717) is 18.4 Å². The van der Waals surface area contributed by atoms with E-state index in [1.807, 2.05) is 37.3 Å². The maximum Gasteiger partial charge on any atom is 0.231 e. The molecule has 0 N–H and O–H groups in total. The van der Waals surface area contributed by atoms with Gasteiger partial charge in [0.2, 0.25) is 6.79 Å². The Bertz CT molecular complexity index is 821. The van der Waals surface area contributed by atoms with Crippen LogP contribution < -0.4 is 14.2 Å². The molecule has 2 aliphatic heterocycles. The highest BCUT2D eigenvalue weighted by Gasteiger charge is 2.30. The SMILES string of the molecule is C/C=C/CN1CC[C@H](c2ccc(F)cc2)[C@@H](COc2ccc3c(c2)OCO3)C1. The summed E-state index contributed by atoms with van der Waals surface area (Å²) in [7, 11) is 0. The number of allylic oxidation sites excluding steroid dienone is 1. The topological polar surface area (TPSA) is 30.9 Å². The second kappa shape index (κ2) is 8.65. The second-order valence-electron chi connectivity index (χ2n) is 7.36. The fourth-order valence-electron chi connectivity index (χ4n) is 4.02. The van der Waals surface area contributed by atoms with E-state index < -0.39 is 0 Å². The number of ether oxygens (including phenoxy) is 3. The van der Waals surface area contributed by atoms with E-state index in [9.17, 15) is 4.39 Å².